The number of hydrogen-bond acceptors (Lipinski definition) is 4. The van der Waals surface area contributed by atoms with E-state index >= 15 is 0 Å². The van der Waals surface area contributed by atoms with Crippen molar-refractivity contribution in [2.45, 2.75) is 32.3 Å². The number of aliphatic hydroxyl groups excluding tert-OH is 1. The third kappa shape index (κ3) is 2.56. The topological polar surface area (TPSA) is 60.2 Å². The van der Waals surface area contributed by atoms with E-state index in [0.29, 0.717) is 12.1 Å². The highest BCUT2D eigenvalue weighted by molar-refractivity contribution is 5.55. The van der Waals surface area contributed by atoms with Gasteiger partial charge in [-0.1, -0.05) is 13.3 Å². The van der Waals surface area contributed by atoms with Crippen LogP contribution in [-0.4, -0.2) is 29.3 Å². The van der Waals surface area contributed by atoms with Crippen LogP contribution in [0.1, 0.15) is 31.0 Å². The number of hydrogen-bond donors (Lipinski definition) is 1. The van der Waals surface area contributed by atoms with Crippen LogP contribution < -0.4 is 4.90 Å². The molecule has 1 aromatic rings. The summed E-state index contributed by atoms with van der Waals surface area (Å²) in [5.41, 5.74) is 1.61. The molecule has 0 aliphatic carbocycles. The van der Waals surface area contributed by atoms with Crippen LogP contribution in [0.2, 0.25) is 0 Å². The molecule has 1 unspecified atom stereocenters. The SMILES string of the molecule is CCCc1ccc(C#N)c(N2CCC(O)C2)n1. The zero-order valence-electron chi connectivity index (χ0n) is 10.1. The van der Waals surface area contributed by atoms with Gasteiger partial charge in [0.2, 0.25) is 0 Å². The molecule has 2 rings (SSSR count). The lowest BCUT2D eigenvalue weighted by molar-refractivity contribution is 0.198. The fourth-order valence-electron chi connectivity index (χ4n) is 2.15. The molecule has 1 saturated heterocycles. The summed E-state index contributed by atoms with van der Waals surface area (Å²) in [6, 6.07) is 5.92. The molecule has 1 fully saturated rings. The van der Waals surface area contributed by atoms with E-state index in [1.807, 2.05) is 17.0 Å². The molecule has 1 N–H and O–H groups in total. The summed E-state index contributed by atoms with van der Waals surface area (Å²) < 4.78 is 0. The van der Waals surface area contributed by atoms with Crippen LogP contribution >= 0.6 is 0 Å². The second-order valence-electron chi connectivity index (χ2n) is 4.42. The molecule has 0 amide bonds. The van der Waals surface area contributed by atoms with Gasteiger partial charge in [0.05, 0.1) is 11.7 Å². The predicted molar refractivity (Wildman–Crippen MR) is 65.8 cm³/mol. The van der Waals surface area contributed by atoms with Crippen molar-refractivity contribution >= 4 is 5.82 Å². The minimum atomic E-state index is -0.293. The van der Waals surface area contributed by atoms with Crippen LogP contribution in [0.25, 0.3) is 0 Å². The number of aryl methyl sites for hydroxylation is 1. The molecule has 1 aliphatic rings. The van der Waals surface area contributed by atoms with Crippen molar-refractivity contribution in [3.05, 3.63) is 23.4 Å². The molecule has 1 aliphatic heterocycles. The van der Waals surface area contributed by atoms with E-state index in [-0.39, 0.29) is 6.10 Å². The lowest BCUT2D eigenvalue weighted by Gasteiger charge is -2.18. The molecule has 0 saturated carbocycles. The lowest BCUT2D eigenvalue weighted by atomic mass is 10.2. The van der Waals surface area contributed by atoms with Gasteiger partial charge in [0, 0.05) is 18.8 Å². The molecular formula is C13H17N3O. The number of aliphatic hydroxyl groups is 1. The van der Waals surface area contributed by atoms with Crippen LogP contribution in [0, 0.1) is 11.3 Å². The van der Waals surface area contributed by atoms with E-state index in [2.05, 4.69) is 18.0 Å². The summed E-state index contributed by atoms with van der Waals surface area (Å²) in [6.45, 7) is 3.47. The van der Waals surface area contributed by atoms with Crippen molar-refractivity contribution in [3.63, 3.8) is 0 Å². The molecule has 4 nitrogen and oxygen atoms in total. The zero-order chi connectivity index (χ0) is 12.3. The summed E-state index contributed by atoms with van der Waals surface area (Å²) in [5.74, 6) is 0.731. The third-order valence-corrected chi connectivity index (χ3v) is 3.02. The number of β-amino-alcohol motifs (C(OH)–C–C–N with tert-alkyl or cyclic N) is 1. The van der Waals surface area contributed by atoms with Crippen LogP contribution in [0.5, 0.6) is 0 Å². The first-order chi connectivity index (χ1) is 8.24. The van der Waals surface area contributed by atoms with Gasteiger partial charge in [-0.3, -0.25) is 0 Å². The van der Waals surface area contributed by atoms with Crippen molar-refractivity contribution in [1.82, 2.24) is 4.98 Å². The monoisotopic (exact) mass is 231 g/mol. The van der Waals surface area contributed by atoms with Gasteiger partial charge in [-0.05, 0) is 25.0 Å². The van der Waals surface area contributed by atoms with Crippen molar-refractivity contribution in [3.8, 4) is 6.07 Å². The fourth-order valence-corrected chi connectivity index (χ4v) is 2.15. The first-order valence-corrected chi connectivity index (χ1v) is 6.07. The van der Waals surface area contributed by atoms with Crippen LogP contribution in [0.3, 0.4) is 0 Å². The Balaban J connectivity index is 2.29. The maximum absolute atomic E-state index is 9.54. The molecule has 0 bridgehead atoms. The number of nitrogens with zero attached hydrogens (tertiary/aromatic N) is 3. The van der Waals surface area contributed by atoms with E-state index in [0.717, 1.165) is 37.3 Å². The molecule has 4 heteroatoms. The molecule has 0 aromatic carbocycles. The van der Waals surface area contributed by atoms with Gasteiger partial charge in [-0.2, -0.15) is 5.26 Å². The zero-order valence-corrected chi connectivity index (χ0v) is 10.1. The Morgan fingerprint density at radius 1 is 1.59 bits per heavy atom. The standard InChI is InChI=1S/C13H17N3O/c1-2-3-11-5-4-10(8-14)13(15-11)16-7-6-12(17)9-16/h4-5,12,17H,2-3,6-7,9H2,1H3. The molecule has 0 spiro atoms. The van der Waals surface area contributed by atoms with Gasteiger partial charge in [0.25, 0.3) is 0 Å². The lowest BCUT2D eigenvalue weighted by Crippen LogP contribution is -2.23. The quantitative estimate of drug-likeness (QED) is 0.856. The van der Waals surface area contributed by atoms with Crippen LogP contribution in [-0.2, 0) is 6.42 Å². The maximum Gasteiger partial charge on any atom is 0.146 e. The molecule has 17 heavy (non-hydrogen) atoms. The molecule has 2 heterocycles. The number of anilines is 1. The maximum atomic E-state index is 9.54. The first kappa shape index (κ1) is 11.9. The Labute approximate surface area is 102 Å². The van der Waals surface area contributed by atoms with E-state index in [4.69, 9.17) is 5.26 Å². The number of aromatic nitrogens is 1. The Morgan fingerprint density at radius 3 is 3.00 bits per heavy atom. The van der Waals surface area contributed by atoms with Crippen molar-refractivity contribution < 1.29 is 5.11 Å². The second-order valence-corrected chi connectivity index (χ2v) is 4.42. The Morgan fingerprint density at radius 2 is 2.41 bits per heavy atom. The molecule has 90 valence electrons. The van der Waals surface area contributed by atoms with Gasteiger partial charge < -0.3 is 10.0 Å². The highest BCUT2D eigenvalue weighted by Crippen LogP contribution is 2.23. The van der Waals surface area contributed by atoms with E-state index in [1.165, 1.54) is 0 Å². The van der Waals surface area contributed by atoms with Crippen molar-refractivity contribution in [1.29, 1.82) is 5.26 Å². The van der Waals surface area contributed by atoms with Crippen LogP contribution in [0.15, 0.2) is 12.1 Å². The highest BCUT2D eigenvalue weighted by atomic mass is 16.3. The average Bonchev–Trinajstić information content (AvgIpc) is 2.76. The second kappa shape index (κ2) is 5.15. The first-order valence-electron chi connectivity index (χ1n) is 6.07. The minimum absolute atomic E-state index is 0.293. The molecule has 0 radical (unpaired) electrons. The molecular weight excluding hydrogens is 214 g/mol. The van der Waals surface area contributed by atoms with Crippen molar-refractivity contribution in [2.75, 3.05) is 18.0 Å². The van der Waals surface area contributed by atoms with Crippen molar-refractivity contribution in [2.24, 2.45) is 0 Å². The Bertz CT molecular complexity index is 439. The largest absolute Gasteiger partial charge is 0.391 e. The average molecular weight is 231 g/mol. The molecule has 1 atom stereocenters. The summed E-state index contributed by atoms with van der Waals surface area (Å²) in [7, 11) is 0. The third-order valence-electron chi connectivity index (χ3n) is 3.02. The number of rotatable bonds is 3. The highest BCUT2D eigenvalue weighted by Gasteiger charge is 2.23. The van der Waals surface area contributed by atoms with E-state index in [1.54, 1.807) is 0 Å². The fraction of sp³-hybridized carbons (Fsp3) is 0.538. The van der Waals surface area contributed by atoms with E-state index in [9.17, 15) is 5.11 Å². The van der Waals surface area contributed by atoms with E-state index < -0.39 is 0 Å². The normalized spacial score (nSPS) is 19.4. The predicted octanol–water partition coefficient (Wildman–Crippen LogP) is 1.48. The Kier molecular flexibility index (Phi) is 3.60. The minimum Gasteiger partial charge on any atom is -0.391 e. The van der Waals surface area contributed by atoms with Gasteiger partial charge in [0.15, 0.2) is 0 Å². The van der Waals surface area contributed by atoms with Crippen LogP contribution in [0.4, 0.5) is 5.82 Å². The summed E-state index contributed by atoms with van der Waals surface area (Å²) >= 11 is 0. The summed E-state index contributed by atoms with van der Waals surface area (Å²) in [4.78, 5) is 6.54. The summed E-state index contributed by atoms with van der Waals surface area (Å²) in [5, 5.41) is 18.6. The van der Waals surface area contributed by atoms with Gasteiger partial charge in [0.1, 0.15) is 11.9 Å². The van der Waals surface area contributed by atoms with Gasteiger partial charge in [-0.25, -0.2) is 4.98 Å². The smallest absolute Gasteiger partial charge is 0.146 e. The number of pyridine rings is 1. The Hall–Kier alpha value is -1.60. The van der Waals surface area contributed by atoms with Gasteiger partial charge in [-0.15, -0.1) is 0 Å². The number of nitriles is 1. The van der Waals surface area contributed by atoms with Gasteiger partial charge >= 0.3 is 0 Å². The molecule has 1 aromatic heterocycles. The summed E-state index contributed by atoms with van der Waals surface area (Å²) in [6.07, 6.45) is 2.43.